The maximum atomic E-state index is 10.2. The summed E-state index contributed by atoms with van der Waals surface area (Å²) in [4.78, 5) is 4.46. The highest BCUT2D eigenvalue weighted by Gasteiger charge is 2.16. The molecular weight excluding hydrogens is 236 g/mol. The van der Waals surface area contributed by atoms with Gasteiger partial charge in [0.25, 0.3) is 0 Å². The lowest BCUT2D eigenvalue weighted by Crippen LogP contribution is -2.29. The summed E-state index contributed by atoms with van der Waals surface area (Å²) < 4.78 is 0. The van der Waals surface area contributed by atoms with Crippen molar-refractivity contribution in [2.45, 2.75) is 32.8 Å². The third kappa shape index (κ3) is 4.00. The fraction of sp³-hybridized carbons (Fsp3) is 0.500. The van der Waals surface area contributed by atoms with E-state index < -0.39 is 6.10 Å². The fourth-order valence-electron chi connectivity index (χ4n) is 2.26. The van der Waals surface area contributed by atoms with Crippen molar-refractivity contribution in [2.24, 2.45) is 0 Å². The van der Waals surface area contributed by atoms with Gasteiger partial charge in [-0.3, -0.25) is 0 Å². The summed E-state index contributed by atoms with van der Waals surface area (Å²) in [5.74, 6) is 0. The minimum Gasteiger partial charge on any atom is -0.387 e. The second-order valence-electron chi connectivity index (χ2n) is 5.30. The van der Waals surface area contributed by atoms with Crippen molar-refractivity contribution >= 4 is 0 Å². The van der Waals surface area contributed by atoms with Gasteiger partial charge >= 0.3 is 0 Å². The number of aliphatic hydroxyl groups excluding tert-OH is 1. The fourth-order valence-corrected chi connectivity index (χ4v) is 2.26. The lowest BCUT2D eigenvalue weighted by molar-refractivity contribution is 0.124. The van der Waals surface area contributed by atoms with Crippen molar-refractivity contribution in [2.75, 3.05) is 19.8 Å². The highest BCUT2D eigenvalue weighted by molar-refractivity contribution is 5.23. The smallest absolute Gasteiger partial charge is 0.0965 e. The highest BCUT2D eigenvalue weighted by Crippen LogP contribution is 2.17. The third-order valence-corrected chi connectivity index (χ3v) is 3.52. The topological polar surface area (TPSA) is 26.7 Å². The first kappa shape index (κ1) is 13.9. The molecule has 1 aromatic rings. The van der Waals surface area contributed by atoms with Crippen LogP contribution < -0.4 is 0 Å². The van der Waals surface area contributed by atoms with Gasteiger partial charge in [0.1, 0.15) is 0 Å². The molecule has 3 nitrogen and oxygen atoms in total. The number of unbranched alkanes of at least 4 members (excludes halogenated alkanes) is 1. The van der Waals surface area contributed by atoms with Gasteiger partial charge in [-0.2, -0.15) is 0 Å². The summed E-state index contributed by atoms with van der Waals surface area (Å²) in [5.41, 5.74) is 2.22. The Bertz CT molecular complexity index is 413. The van der Waals surface area contributed by atoms with E-state index in [0.29, 0.717) is 6.54 Å². The van der Waals surface area contributed by atoms with Crippen LogP contribution in [-0.2, 0) is 0 Å². The van der Waals surface area contributed by atoms with Crippen LogP contribution in [-0.4, -0.2) is 34.7 Å². The van der Waals surface area contributed by atoms with Crippen LogP contribution in [0.5, 0.6) is 0 Å². The summed E-state index contributed by atoms with van der Waals surface area (Å²) >= 11 is 0. The lowest BCUT2D eigenvalue weighted by atomic mass is 10.1. The van der Waals surface area contributed by atoms with Gasteiger partial charge < -0.3 is 14.9 Å². The van der Waals surface area contributed by atoms with Gasteiger partial charge in [-0.25, -0.2) is 0 Å². The lowest BCUT2D eigenvalue weighted by Gasteiger charge is -2.23. The second kappa shape index (κ2) is 6.62. The van der Waals surface area contributed by atoms with Crippen molar-refractivity contribution in [1.29, 1.82) is 0 Å². The maximum absolute atomic E-state index is 10.2. The Balaban J connectivity index is 1.82. The molecule has 1 unspecified atom stereocenters. The molecule has 0 spiro atoms. The van der Waals surface area contributed by atoms with E-state index in [1.165, 1.54) is 18.4 Å². The van der Waals surface area contributed by atoms with E-state index in [1.54, 1.807) is 0 Å². The zero-order valence-electron chi connectivity index (χ0n) is 11.9. The number of β-amino-alcohol motifs (C(OH)–C–C–N with tert-alkyl or cyclic N) is 1. The molecule has 0 saturated heterocycles. The van der Waals surface area contributed by atoms with E-state index in [-0.39, 0.29) is 0 Å². The van der Waals surface area contributed by atoms with E-state index in [2.05, 4.69) is 36.0 Å². The Morgan fingerprint density at radius 2 is 1.84 bits per heavy atom. The third-order valence-electron chi connectivity index (χ3n) is 3.52. The van der Waals surface area contributed by atoms with Crippen LogP contribution in [0.2, 0.25) is 0 Å². The van der Waals surface area contributed by atoms with Crippen molar-refractivity contribution in [1.82, 2.24) is 9.80 Å². The molecule has 1 aliphatic rings. The summed E-state index contributed by atoms with van der Waals surface area (Å²) in [6, 6.07) is 8.11. The molecule has 1 aromatic carbocycles. The first-order valence-corrected chi connectivity index (χ1v) is 7.10. The first-order valence-electron chi connectivity index (χ1n) is 7.10. The minimum absolute atomic E-state index is 0.420. The van der Waals surface area contributed by atoms with E-state index in [4.69, 9.17) is 0 Å². The number of rotatable bonds is 6. The number of hydrogen-bond acceptors (Lipinski definition) is 3. The summed E-state index contributed by atoms with van der Waals surface area (Å²) in [6.45, 7) is 6.92. The molecule has 0 amide bonds. The summed E-state index contributed by atoms with van der Waals surface area (Å²) in [7, 11) is 0. The van der Waals surface area contributed by atoms with Crippen molar-refractivity contribution in [3.05, 3.63) is 47.8 Å². The zero-order valence-corrected chi connectivity index (χ0v) is 11.9. The number of aryl methyl sites for hydroxylation is 1. The molecule has 1 aliphatic heterocycles. The molecule has 2 rings (SSSR count). The Labute approximate surface area is 116 Å². The molecule has 0 saturated carbocycles. The van der Waals surface area contributed by atoms with Crippen LogP contribution in [0, 0.1) is 6.92 Å². The predicted molar refractivity (Wildman–Crippen MR) is 78.5 cm³/mol. The van der Waals surface area contributed by atoms with Crippen LogP contribution in [0.3, 0.4) is 0 Å². The highest BCUT2D eigenvalue weighted by atomic mass is 16.3. The van der Waals surface area contributed by atoms with Gasteiger partial charge in [0.2, 0.25) is 0 Å². The number of nitrogens with zero attached hydrogens (tertiary/aromatic N) is 2. The van der Waals surface area contributed by atoms with E-state index >= 15 is 0 Å². The Hall–Kier alpha value is -1.48. The van der Waals surface area contributed by atoms with Gasteiger partial charge in [-0.05, 0) is 18.9 Å². The van der Waals surface area contributed by atoms with E-state index in [0.717, 1.165) is 18.8 Å². The van der Waals surface area contributed by atoms with Gasteiger partial charge in [0, 0.05) is 25.5 Å². The molecule has 19 heavy (non-hydrogen) atoms. The van der Waals surface area contributed by atoms with Crippen LogP contribution >= 0.6 is 0 Å². The Kier molecular flexibility index (Phi) is 4.86. The van der Waals surface area contributed by atoms with Crippen LogP contribution in [0.1, 0.15) is 37.0 Å². The quantitative estimate of drug-likeness (QED) is 0.852. The second-order valence-corrected chi connectivity index (χ2v) is 5.30. The average molecular weight is 260 g/mol. The largest absolute Gasteiger partial charge is 0.387 e. The summed E-state index contributed by atoms with van der Waals surface area (Å²) in [5, 5.41) is 10.2. The molecule has 0 fully saturated rings. The van der Waals surface area contributed by atoms with Gasteiger partial charge in [-0.15, -0.1) is 0 Å². The minimum atomic E-state index is -0.420. The molecule has 1 atom stereocenters. The standard InChI is InChI=1S/C16H24N2O/c1-3-4-9-17-10-11-18(13-17)12-16(19)15-7-5-14(2)6-8-15/h5-8,10-11,16,19H,3-4,9,12-13H2,1-2H3. The zero-order chi connectivity index (χ0) is 13.7. The normalized spacial score (nSPS) is 16.2. The Morgan fingerprint density at radius 1 is 1.16 bits per heavy atom. The predicted octanol–water partition coefficient (Wildman–Crippen LogP) is 2.87. The molecule has 1 heterocycles. The molecule has 0 aliphatic carbocycles. The van der Waals surface area contributed by atoms with Crippen LogP contribution in [0.15, 0.2) is 36.7 Å². The SMILES string of the molecule is CCCCN1C=CN(CC(O)c2ccc(C)cc2)C1. The molecule has 1 N–H and O–H groups in total. The number of hydrogen-bond donors (Lipinski definition) is 1. The molecule has 104 valence electrons. The first-order chi connectivity index (χ1) is 9.19. The Morgan fingerprint density at radius 3 is 2.53 bits per heavy atom. The molecule has 0 bridgehead atoms. The molecule has 3 heteroatoms. The maximum Gasteiger partial charge on any atom is 0.0965 e. The number of aliphatic hydroxyl groups is 1. The van der Waals surface area contributed by atoms with Gasteiger partial charge in [-0.1, -0.05) is 43.2 Å². The van der Waals surface area contributed by atoms with Crippen molar-refractivity contribution in [3.8, 4) is 0 Å². The molecular formula is C16H24N2O. The van der Waals surface area contributed by atoms with E-state index in [1.807, 2.05) is 24.3 Å². The average Bonchev–Trinajstić information content (AvgIpc) is 2.84. The number of benzene rings is 1. The van der Waals surface area contributed by atoms with Crippen molar-refractivity contribution < 1.29 is 5.11 Å². The van der Waals surface area contributed by atoms with Crippen LogP contribution in [0.25, 0.3) is 0 Å². The van der Waals surface area contributed by atoms with Gasteiger partial charge in [0.05, 0.1) is 12.8 Å². The van der Waals surface area contributed by atoms with Crippen molar-refractivity contribution in [3.63, 3.8) is 0 Å². The van der Waals surface area contributed by atoms with Crippen LogP contribution in [0.4, 0.5) is 0 Å². The monoisotopic (exact) mass is 260 g/mol. The van der Waals surface area contributed by atoms with Gasteiger partial charge in [0.15, 0.2) is 0 Å². The molecule has 0 aromatic heterocycles. The van der Waals surface area contributed by atoms with E-state index in [9.17, 15) is 5.11 Å². The molecule has 0 radical (unpaired) electrons. The summed E-state index contributed by atoms with van der Waals surface area (Å²) in [6.07, 6.45) is 6.22.